The number of hydrogen-bond donors (Lipinski definition) is 2. The van der Waals surface area contributed by atoms with Crippen LogP contribution in [0.3, 0.4) is 0 Å². The molecule has 4 N–H and O–H groups in total. The zero-order chi connectivity index (χ0) is 14.8. The van der Waals surface area contributed by atoms with Crippen LogP contribution in [0.25, 0.3) is 0 Å². The molecule has 1 fully saturated rings. The van der Waals surface area contributed by atoms with Gasteiger partial charge in [0.05, 0.1) is 6.04 Å². The van der Waals surface area contributed by atoms with Gasteiger partial charge >= 0.3 is 0 Å². The first-order chi connectivity index (χ1) is 10.1. The van der Waals surface area contributed by atoms with Gasteiger partial charge in [-0.1, -0.05) is 0 Å². The molecule has 3 rings (SSSR count). The lowest BCUT2D eigenvalue weighted by Crippen LogP contribution is -2.35. The lowest BCUT2D eigenvalue weighted by molar-refractivity contribution is 0.1000. The maximum absolute atomic E-state index is 11.2. The monoisotopic (exact) mass is 286 g/mol. The Balaban J connectivity index is 1.68. The van der Waals surface area contributed by atoms with Crippen LogP contribution in [0.5, 0.6) is 0 Å². The van der Waals surface area contributed by atoms with Crippen LogP contribution < -0.4 is 16.4 Å². The minimum Gasteiger partial charge on any atom is -0.382 e. The van der Waals surface area contributed by atoms with Crippen molar-refractivity contribution < 1.29 is 4.79 Å². The van der Waals surface area contributed by atoms with E-state index in [9.17, 15) is 4.79 Å². The molecule has 0 saturated carbocycles. The molecule has 2 aromatic rings. The molecule has 2 aromatic heterocycles. The second kappa shape index (κ2) is 5.43. The molecular weight excluding hydrogens is 268 g/mol. The number of amides is 1. The summed E-state index contributed by atoms with van der Waals surface area (Å²) >= 11 is 0. The van der Waals surface area contributed by atoms with Crippen molar-refractivity contribution in [2.24, 2.45) is 5.73 Å². The zero-order valence-electron chi connectivity index (χ0n) is 11.6. The van der Waals surface area contributed by atoms with Crippen molar-refractivity contribution in [3.63, 3.8) is 0 Å². The summed E-state index contributed by atoms with van der Waals surface area (Å²) in [7, 11) is 0. The van der Waals surface area contributed by atoms with Gasteiger partial charge in [0, 0.05) is 31.0 Å². The smallest absolute Gasteiger partial charge is 0.248 e. The number of piperidine rings is 1. The van der Waals surface area contributed by atoms with Crippen LogP contribution in [-0.2, 0) is 0 Å². The minimum absolute atomic E-state index is 0.359. The van der Waals surface area contributed by atoms with E-state index in [1.54, 1.807) is 18.3 Å². The first-order valence-corrected chi connectivity index (χ1v) is 6.95. The Kier molecular flexibility index (Phi) is 3.47. The number of aromatic nitrogens is 3. The zero-order valence-corrected chi connectivity index (χ0v) is 11.6. The molecule has 1 aliphatic heterocycles. The van der Waals surface area contributed by atoms with Gasteiger partial charge in [-0.25, -0.2) is 4.98 Å². The van der Waals surface area contributed by atoms with Gasteiger partial charge in [0.2, 0.25) is 5.91 Å². The van der Waals surface area contributed by atoms with Gasteiger partial charge < -0.3 is 16.4 Å². The van der Waals surface area contributed by atoms with Gasteiger partial charge in [-0.3, -0.25) is 9.48 Å². The number of rotatable bonds is 3. The van der Waals surface area contributed by atoms with E-state index in [2.05, 4.69) is 15.0 Å². The lowest BCUT2D eigenvalue weighted by Gasteiger charge is -2.33. The summed E-state index contributed by atoms with van der Waals surface area (Å²) in [4.78, 5) is 17.7. The summed E-state index contributed by atoms with van der Waals surface area (Å²) in [6, 6.07) is 5.54. The highest BCUT2D eigenvalue weighted by molar-refractivity contribution is 5.93. The van der Waals surface area contributed by atoms with Crippen LogP contribution in [0.4, 0.5) is 11.6 Å². The third-order valence-corrected chi connectivity index (χ3v) is 3.82. The first-order valence-electron chi connectivity index (χ1n) is 6.95. The van der Waals surface area contributed by atoms with E-state index < -0.39 is 5.91 Å². The van der Waals surface area contributed by atoms with Crippen LogP contribution in [-0.4, -0.2) is 33.8 Å². The Morgan fingerprint density at radius 3 is 2.67 bits per heavy atom. The van der Waals surface area contributed by atoms with E-state index in [0.717, 1.165) is 31.7 Å². The van der Waals surface area contributed by atoms with E-state index in [4.69, 9.17) is 11.5 Å². The molecule has 110 valence electrons. The molecule has 1 aliphatic rings. The SMILES string of the molecule is NC(=O)c1ccnc(N2CCC(n3ccc(N)n3)CC2)c1. The van der Waals surface area contributed by atoms with Crippen molar-refractivity contribution >= 4 is 17.5 Å². The van der Waals surface area contributed by atoms with Gasteiger partial charge in [0.1, 0.15) is 11.6 Å². The van der Waals surface area contributed by atoms with Gasteiger partial charge in [-0.05, 0) is 31.0 Å². The van der Waals surface area contributed by atoms with Gasteiger partial charge in [-0.2, -0.15) is 5.10 Å². The Labute approximate surface area is 122 Å². The Morgan fingerprint density at radius 2 is 2.05 bits per heavy atom. The molecule has 7 nitrogen and oxygen atoms in total. The Hall–Kier alpha value is -2.57. The number of nitrogen functional groups attached to an aromatic ring is 1. The highest BCUT2D eigenvalue weighted by atomic mass is 16.1. The molecular formula is C14H18N6O. The van der Waals surface area contributed by atoms with E-state index >= 15 is 0 Å². The number of nitrogens with zero attached hydrogens (tertiary/aromatic N) is 4. The van der Waals surface area contributed by atoms with Crippen molar-refractivity contribution in [3.8, 4) is 0 Å². The molecule has 0 aliphatic carbocycles. The van der Waals surface area contributed by atoms with E-state index in [0.29, 0.717) is 17.4 Å². The fourth-order valence-electron chi connectivity index (χ4n) is 2.66. The number of carbonyl (C=O) groups excluding carboxylic acids is 1. The fourth-order valence-corrected chi connectivity index (χ4v) is 2.66. The van der Waals surface area contributed by atoms with Gasteiger partial charge in [0.15, 0.2) is 0 Å². The van der Waals surface area contributed by atoms with E-state index in [1.807, 2.05) is 16.9 Å². The maximum atomic E-state index is 11.2. The number of nitrogens with two attached hydrogens (primary N) is 2. The highest BCUT2D eigenvalue weighted by Crippen LogP contribution is 2.25. The number of hydrogen-bond acceptors (Lipinski definition) is 5. The summed E-state index contributed by atoms with van der Waals surface area (Å²) in [6.45, 7) is 1.72. The summed E-state index contributed by atoms with van der Waals surface area (Å²) < 4.78 is 1.93. The van der Waals surface area contributed by atoms with Crippen LogP contribution in [0.1, 0.15) is 29.2 Å². The summed E-state index contributed by atoms with van der Waals surface area (Å²) in [6.07, 6.45) is 5.46. The second-order valence-electron chi connectivity index (χ2n) is 5.21. The largest absolute Gasteiger partial charge is 0.382 e. The summed E-state index contributed by atoms with van der Waals surface area (Å²) in [5.74, 6) is 0.915. The standard InChI is InChI=1S/C14H18N6O/c15-12-4-8-20(18-12)11-2-6-19(7-3-11)13-9-10(14(16)21)1-5-17-13/h1,4-5,8-9,11H,2-3,6-7H2,(H2,15,18)(H2,16,21). The predicted molar refractivity (Wildman–Crippen MR) is 79.9 cm³/mol. The normalized spacial score (nSPS) is 16.1. The van der Waals surface area contributed by atoms with Crippen molar-refractivity contribution in [3.05, 3.63) is 36.2 Å². The van der Waals surface area contributed by atoms with Gasteiger partial charge in [0.25, 0.3) is 0 Å². The van der Waals surface area contributed by atoms with Crippen molar-refractivity contribution in [1.82, 2.24) is 14.8 Å². The van der Waals surface area contributed by atoms with Crippen molar-refractivity contribution in [2.75, 3.05) is 23.7 Å². The van der Waals surface area contributed by atoms with Crippen LogP contribution in [0.15, 0.2) is 30.6 Å². The average molecular weight is 286 g/mol. The fraction of sp³-hybridized carbons (Fsp3) is 0.357. The molecule has 0 unspecified atom stereocenters. The highest BCUT2D eigenvalue weighted by Gasteiger charge is 2.22. The third-order valence-electron chi connectivity index (χ3n) is 3.82. The van der Waals surface area contributed by atoms with Crippen LogP contribution >= 0.6 is 0 Å². The molecule has 0 radical (unpaired) electrons. The number of anilines is 2. The number of carbonyl (C=O) groups is 1. The number of pyridine rings is 1. The topological polar surface area (TPSA) is 103 Å². The number of primary amides is 1. The average Bonchev–Trinajstić information content (AvgIpc) is 2.94. The molecule has 0 aromatic carbocycles. The van der Waals surface area contributed by atoms with Crippen molar-refractivity contribution in [1.29, 1.82) is 0 Å². The Morgan fingerprint density at radius 1 is 1.29 bits per heavy atom. The molecule has 0 spiro atoms. The quantitative estimate of drug-likeness (QED) is 0.868. The first kappa shape index (κ1) is 13.4. The summed E-state index contributed by atoms with van der Waals surface area (Å²) in [5.41, 5.74) is 11.4. The molecule has 0 atom stereocenters. The minimum atomic E-state index is -0.430. The van der Waals surface area contributed by atoms with E-state index in [1.165, 1.54) is 0 Å². The van der Waals surface area contributed by atoms with Crippen molar-refractivity contribution in [2.45, 2.75) is 18.9 Å². The van der Waals surface area contributed by atoms with E-state index in [-0.39, 0.29) is 0 Å². The molecule has 0 bridgehead atoms. The maximum Gasteiger partial charge on any atom is 0.248 e. The Bertz CT molecular complexity index is 644. The third kappa shape index (κ3) is 2.81. The summed E-state index contributed by atoms with van der Waals surface area (Å²) in [5, 5.41) is 4.27. The lowest BCUT2D eigenvalue weighted by atomic mass is 10.1. The van der Waals surface area contributed by atoms with Gasteiger partial charge in [-0.15, -0.1) is 0 Å². The molecule has 21 heavy (non-hydrogen) atoms. The van der Waals surface area contributed by atoms with Crippen LogP contribution in [0, 0.1) is 0 Å². The molecule has 3 heterocycles. The molecule has 1 amide bonds. The molecule has 1 saturated heterocycles. The van der Waals surface area contributed by atoms with Crippen LogP contribution in [0.2, 0.25) is 0 Å². The predicted octanol–water partition coefficient (Wildman–Crippen LogP) is 0.801. The second-order valence-corrected chi connectivity index (χ2v) is 5.21. The molecule has 7 heteroatoms.